The normalized spacial score (nSPS) is 11.9. The van der Waals surface area contributed by atoms with E-state index < -0.39 is 15.7 Å². The fraction of sp³-hybridized carbons (Fsp3) is 0.360. The molecule has 1 heterocycles. The topological polar surface area (TPSA) is 72.3 Å². The number of sulfone groups is 1. The minimum absolute atomic E-state index is 0.0591. The molecule has 1 aromatic heterocycles. The number of amides is 1. The molecular formula is C25H29ClFN3O3S. The molecule has 0 aliphatic heterocycles. The summed E-state index contributed by atoms with van der Waals surface area (Å²) in [6.45, 7) is 8.33. The van der Waals surface area contributed by atoms with Crippen LogP contribution in [0.1, 0.15) is 55.4 Å². The van der Waals surface area contributed by atoms with Crippen molar-refractivity contribution >= 4 is 27.3 Å². The van der Waals surface area contributed by atoms with E-state index in [2.05, 4.69) is 4.98 Å². The first kappa shape index (κ1) is 25.9. The SMILES string of the molecule is CC(C)CN(Cc1cnc(S(=O)(=O)Cc2ccccc2Cl)n1C(C)C)C(=O)c1ccc(F)cc1. The number of carbonyl (C=O) groups excluding carboxylic acids is 1. The van der Waals surface area contributed by atoms with Gasteiger partial charge in [-0.15, -0.1) is 0 Å². The van der Waals surface area contributed by atoms with E-state index in [1.807, 2.05) is 27.7 Å². The van der Waals surface area contributed by atoms with Crippen molar-refractivity contribution in [3.05, 3.63) is 82.4 Å². The summed E-state index contributed by atoms with van der Waals surface area (Å²) in [4.78, 5) is 19.1. The first-order valence-corrected chi connectivity index (χ1v) is 13.1. The zero-order chi connectivity index (χ0) is 25.0. The van der Waals surface area contributed by atoms with Crippen molar-refractivity contribution < 1.29 is 17.6 Å². The maximum atomic E-state index is 13.3. The highest BCUT2D eigenvalue weighted by Gasteiger charge is 2.28. The summed E-state index contributed by atoms with van der Waals surface area (Å²) in [7, 11) is -3.80. The van der Waals surface area contributed by atoms with E-state index in [9.17, 15) is 17.6 Å². The maximum Gasteiger partial charge on any atom is 0.254 e. The molecule has 0 bridgehead atoms. The predicted molar refractivity (Wildman–Crippen MR) is 131 cm³/mol. The van der Waals surface area contributed by atoms with Gasteiger partial charge in [0.15, 0.2) is 0 Å². The summed E-state index contributed by atoms with van der Waals surface area (Å²) in [5.74, 6) is -0.785. The van der Waals surface area contributed by atoms with Crippen LogP contribution in [0.2, 0.25) is 5.02 Å². The second-order valence-electron chi connectivity index (χ2n) is 8.93. The number of hydrogen-bond acceptors (Lipinski definition) is 4. The van der Waals surface area contributed by atoms with Gasteiger partial charge in [0, 0.05) is 23.2 Å². The third-order valence-electron chi connectivity index (χ3n) is 5.25. The number of imidazole rings is 1. The number of rotatable bonds is 9. The van der Waals surface area contributed by atoms with Crippen molar-refractivity contribution in [2.45, 2.75) is 51.2 Å². The third-order valence-corrected chi connectivity index (χ3v) is 7.17. The van der Waals surface area contributed by atoms with E-state index in [1.165, 1.54) is 30.5 Å². The summed E-state index contributed by atoms with van der Waals surface area (Å²) < 4.78 is 41.6. The number of halogens is 2. The Balaban J connectivity index is 1.96. The molecule has 0 radical (unpaired) electrons. The predicted octanol–water partition coefficient (Wildman–Crippen LogP) is 5.53. The zero-order valence-corrected chi connectivity index (χ0v) is 21.3. The third kappa shape index (κ3) is 6.04. The van der Waals surface area contributed by atoms with Gasteiger partial charge in [-0.3, -0.25) is 4.79 Å². The van der Waals surface area contributed by atoms with E-state index >= 15 is 0 Å². The molecule has 3 aromatic rings. The van der Waals surface area contributed by atoms with Crippen LogP contribution in [0, 0.1) is 11.7 Å². The molecule has 0 saturated heterocycles. The molecule has 182 valence electrons. The van der Waals surface area contributed by atoms with Crippen LogP contribution in [0.25, 0.3) is 0 Å². The lowest BCUT2D eigenvalue weighted by atomic mass is 10.1. The molecule has 0 fully saturated rings. The zero-order valence-electron chi connectivity index (χ0n) is 19.7. The number of aromatic nitrogens is 2. The van der Waals surface area contributed by atoms with Gasteiger partial charge in [0.25, 0.3) is 5.91 Å². The summed E-state index contributed by atoms with van der Waals surface area (Å²) in [6, 6.07) is 12.0. The Kier molecular flexibility index (Phi) is 8.15. The molecule has 6 nitrogen and oxygen atoms in total. The molecule has 0 aliphatic rings. The molecule has 9 heteroatoms. The van der Waals surface area contributed by atoms with Gasteiger partial charge >= 0.3 is 0 Å². The van der Waals surface area contributed by atoms with Gasteiger partial charge in [0.2, 0.25) is 15.0 Å². The van der Waals surface area contributed by atoms with Crippen molar-refractivity contribution in [3.8, 4) is 0 Å². The van der Waals surface area contributed by atoms with E-state index in [0.29, 0.717) is 28.4 Å². The van der Waals surface area contributed by atoms with Crippen LogP contribution in [0.4, 0.5) is 4.39 Å². The van der Waals surface area contributed by atoms with Crippen molar-refractivity contribution in [3.63, 3.8) is 0 Å². The molecular weight excluding hydrogens is 477 g/mol. The largest absolute Gasteiger partial charge is 0.333 e. The maximum absolute atomic E-state index is 13.3. The van der Waals surface area contributed by atoms with Crippen molar-refractivity contribution in [2.75, 3.05) is 6.54 Å². The van der Waals surface area contributed by atoms with Gasteiger partial charge in [0.05, 0.1) is 24.2 Å². The number of benzene rings is 2. The molecule has 0 unspecified atom stereocenters. The van der Waals surface area contributed by atoms with E-state index in [1.54, 1.807) is 33.7 Å². The molecule has 2 aromatic carbocycles. The fourth-order valence-corrected chi connectivity index (χ4v) is 5.71. The first-order chi connectivity index (χ1) is 16.0. The molecule has 0 N–H and O–H groups in total. The lowest BCUT2D eigenvalue weighted by Crippen LogP contribution is -2.34. The van der Waals surface area contributed by atoms with Gasteiger partial charge in [-0.2, -0.15) is 0 Å². The number of nitrogens with zero attached hydrogens (tertiary/aromatic N) is 3. The standard InChI is InChI=1S/C25H29ClFN3O3S/c1-17(2)14-29(24(31)19-9-11-21(27)12-10-19)15-22-13-28-25(30(22)18(3)4)34(32,33)16-20-7-5-6-8-23(20)26/h5-13,17-18H,14-16H2,1-4H3. The molecule has 0 saturated carbocycles. The van der Waals surface area contributed by atoms with Crippen molar-refractivity contribution in [2.24, 2.45) is 5.92 Å². The molecule has 3 rings (SSSR count). The van der Waals surface area contributed by atoms with Crippen LogP contribution >= 0.6 is 11.6 Å². The Labute approximate surface area is 205 Å². The summed E-state index contributed by atoms with van der Waals surface area (Å²) in [5.41, 5.74) is 1.46. The average Bonchev–Trinajstić information content (AvgIpc) is 3.19. The van der Waals surface area contributed by atoms with Crippen LogP contribution in [0.15, 0.2) is 59.9 Å². The van der Waals surface area contributed by atoms with Crippen LogP contribution < -0.4 is 0 Å². The van der Waals surface area contributed by atoms with E-state index in [4.69, 9.17) is 11.6 Å². The van der Waals surface area contributed by atoms with Crippen LogP contribution in [-0.4, -0.2) is 35.3 Å². The molecule has 0 aliphatic carbocycles. The quantitative estimate of drug-likeness (QED) is 0.383. The molecule has 0 spiro atoms. The Hall–Kier alpha value is -2.71. The lowest BCUT2D eigenvalue weighted by Gasteiger charge is -2.26. The number of hydrogen-bond donors (Lipinski definition) is 0. The van der Waals surface area contributed by atoms with Crippen LogP contribution in [0.5, 0.6) is 0 Å². The van der Waals surface area contributed by atoms with Gasteiger partial charge in [0.1, 0.15) is 5.82 Å². The summed E-state index contributed by atoms with van der Waals surface area (Å²) in [5, 5.41) is 0.318. The van der Waals surface area contributed by atoms with E-state index in [0.717, 1.165) is 0 Å². The number of carbonyl (C=O) groups is 1. The van der Waals surface area contributed by atoms with Gasteiger partial charge in [-0.05, 0) is 55.7 Å². The molecule has 0 atom stereocenters. The molecule has 34 heavy (non-hydrogen) atoms. The second-order valence-corrected chi connectivity index (χ2v) is 11.2. The van der Waals surface area contributed by atoms with Gasteiger partial charge in [-0.1, -0.05) is 43.6 Å². The minimum atomic E-state index is -3.80. The Morgan fingerprint density at radius 1 is 1.09 bits per heavy atom. The minimum Gasteiger partial charge on any atom is -0.333 e. The van der Waals surface area contributed by atoms with Gasteiger partial charge < -0.3 is 9.47 Å². The highest BCUT2D eigenvalue weighted by Crippen LogP contribution is 2.26. The Morgan fingerprint density at radius 3 is 2.32 bits per heavy atom. The van der Waals surface area contributed by atoms with Crippen molar-refractivity contribution in [1.29, 1.82) is 0 Å². The van der Waals surface area contributed by atoms with Crippen molar-refractivity contribution in [1.82, 2.24) is 14.5 Å². The first-order valence-electron chi connectivity index (χ1n) is 11.1. The second kappa shape index (κ2) is 10.7. The fourth-order valence-electron chi connectivity index (χ4n) is 3.79. The monoisotopic (exact) mass is 505 g/mol. The highest BCUT2D eigenvalue weighted by molar-refractivity contribution is 7.90. The van der Waals surface area contributed by atoms with E-state index in [-0.39, 0.29) is 35.3 Å². The van der Waals surface area contributed by atoms with Gasteiger partial charge in [-0.25, -0.2) is 17.8 Å². The average molecular weight is 506 g/mol. The summed E-state index contributed by atoms with van der Waals surface area (Å²) >= 11 is 6.19. The highest BCUT2D eigenvalue weighted by atomic mass is 35.5. The smallest absolute Gasteiger partial charge is 0.254 e. The molecule has 1 amide bonds. The Bertz CT molecular complexity index is 1250. The lowest BCUT2D eigenvalue weighted by molar-refractivity contribution is 0.0717. The summed E-state index contributed by atoms with van der Waals surface area (Å²) in [6.07, 6.45) is 1.50. The van der Waals surface area contributed by atoms with Crippen LogP contribution in [-0.2, 0) is 22.1 Å². The Morgan fingerprint density at radius 2 is 1.74 bits per heavy atom. The van der Waals surface area contributed by atoms with Crippen LogP contribution in [0.3, 0.4) is 0 Å².